The smallest absolute Gasteiger partial charge is 0.338 e. The summed E-state index contributed by atoms with van der Waals surface area (Å²) in [5, 5.41) is 9.93. The second-order valence-corrected chi connectivity index (χ2v) is 28.6. The highest BCUT2D eigenvalue weighted by atomic mass is 16.6. The van der Waals surface area contributed by atoms with Gasteiger partial charge in [0.2, 0.25) is 11.5 Å². The highest BCUT2D eigenvalue weighted by Gasteiger charge is 2.22. The molecule has 1 N–H and O–H groups in total. The Morgan fingerprint density at radius 2 is 0.422 bits per heavy atom. The predicted octanol–water partition coefficient (Wildman–Crippen LogP) is 10.0. The van der Waals surface area contributed by atoms with Crippen molar-refractivity contribution in [3.63, 3.8) is 0 Å². The van der Waals surface area contributed by atoms with Crippen LogP contribution in [0.1, 0.15) is 141 Å². The number of rotatable bonds is 62. The average molecular weight is 1470 g/mol. The van der Waals surface area contributed by atoms with Gasteiger partial charge in [0, 0.05) is 0 Å². The average Bonchev–Trinajstić information content (AvgIpc) is 0.824. The molecule has 102 heavy (non-hydrogen) atoms. The Balaban J connectivity index is 0.00000102. The van der Waals surface area contributed by atoms with Crippen LogP contribution in [-0.2, 0) is 96.6 Å². The molecule has 0 amide bonds. The monoisotopic (exact) mass is 1470 g/mol. The van der Waals surface area contributed by atoms with Gasteiger partial charge in [-0.05, 0) is 154 Å². The van der Waals surface area contributed by atoms with Crippen molar-refractivity contribution >= 4 is 5.97 Å². The Labute approximate surface area is 611 Å². The third-order valence-electron chi connectivity index (χ3n) is 12.4. The van der Waals surface area contributed by atoms with Crippen molar-refractivity contribution in [3.05, 3.63) is 35.4 Å². The molecule has 2 rings (SSSR count). The van der Waals surface area contributed by atoms with Crippen molar-refractivity contribution in [3.8, 4) is 34.5 Å². The van der Waals surface area contributed by atoms with Crippen molar-refractivity contribution in [2.45, 2.75) is 165 Å². The van der Waals surface area contributed by atoms with E-state index in [1.54, 1.807) is 24.3 Å². The van der Waals surface area contributed by atoms with Crippen molar-refractivity contribution in [1.29, 1.82) is 0 Å². The van der Waals surface area contributed by atoms with Crippen LogP contribution in [0.2, 0.25) is 0 Å². The number of aliphatic hydroxyl groups excluding tert-OH is 1. The molecule has 0 atom stereocenters. The Bertz CT molecular complexity index is 2210. The summed E-state index contributed by atoms with van der Waals surface area (Å²) in [4.78, 5) is 12.6. The molecule has 27 heteroatoms. The van der Waals surface area contributed by atoms with E-state index >= 15 is 0 Å². The van der Waals surface area contributed by atoms with Crippen LogP contribution in [0.5, 0.6) is 34.5 Å². The van der Waals surface area contributed by atoms with Gasteiger partial charge in [-0.2, -0.15) is 0 Å². The van der Waals surface area contributed by atoms with Gasteiger partial charge >= 0.3 is 5.97 Å². The first-order valence-corrected chi connectivity index (χ1v) is 35.9. The molecule has 0 heterocycles. The zero-order valence-corrected chi connectivity index (χ0v) is 66.0. The van der Waals surface area contributed by atoms with Crippen LogP contribution in [0.25, 0.3) is 0 Å². The number of hydrogen-bond acceptors (Lipinski definition) is 27. The summed E-state index contributed by atoms with van der Waals surface area (Å²) in [6.07, 6.45) is 0. The van der Waals surface area contributed by atoms with Crippen molar-refractivity contribution in [1.82, 2.24) is 0 Å². The summed E-state index contributed by atoms with van der Waals surface area (Å²) >= 11 is 0. The molecule has 0 saturated carbocycles. The summed E-state index contributed by atoms with van der Waals surface area (Å²) in [5.41, 5.74) is -0.322. The topological polar surface area (TPSA) is 268 Å². The first-order valence-electron chi connectivity index (χ1n) is 35.9. The fraction of sp³-hybridized carbons (Fsp3) is 0.827. The Morgan fingerprint density at radius 1 is 0.255 bits per heavy atom. The normalized spacial score (nSPS) is 12.4. The molecule has 2 aromatic rings. The van der Waals surface area contributed by atoms with E-state index in [2.05, 4.69) is 0 Å². The van der Waals surface area contributed by atoms with E-state index in [0.29, 0.717) is 218 Å². The standard InChI is InChI=1S/C38H68O14.C37H68O13/c1-36(2,3)50-26-20-44-14-11-41-17-23-47-32-29-31(35(39)40-10)30-33(48-24-18-42-12-15-45-21-27-51-37(4,5)6)34(32)49-25-19-43-13-16-46-22-28-52-38(7,8)9;1-35(2,3)48-25-19-42-13-10-39-16-22-45-32-28-31(30-38)29-33(46-23-17-40-11-14-43-20-26-49-36(4,5)6)34(32)47-24-18-41-12-15-44-21-27-50-37(7,8)9/h29-30H,11-28H2,1-10H3;28-29,38H,10-27,30H2,1-9H3. The third-order valence-corrected chi connectivity index (χ3v) is 12.4. The summed E-state index contributed by atoms with van der Waals surface area (Å²) in [6, 6.07) is 6.56. The highest BCUT2D eigenvalue weighted by Crippen LogP contribution is 2.41. The first-order chi connectivity index (χ1) is 48.3. The van der Waals surface area contributed by atoms with E-state index < -0.39 is 5.97 Å². The third kappa shape index (κ3) is 60.1. The van der Waals surface area contributed by atoms with Crippen LogP contribution in [0.3, 0.4) is 0 Å². The maximum absolute atomic E-state index is 12.6. The number of carbonyl (C=O) groups is 1. The van der Waals surface area contributed by atoms with Gasteiger partial charge in [-0.1, -0.05) is 0 Å². The van der Waals surface area contributed by atoms with Gasteiger partial charge in [-0.15, -0.1) is 0 Å². The molecule has 0 bridgehead atoms. The molecular formula is C75H136O27. The van der Waals surface area contributed by atoms with Gasteiger partial charge in [0.25, 0.3) is 0 Å². The van der Waals surface area contributed by atoms with Crippen LogP contribution in [-0.4, -0.2) is 290 Å². The SMILES string of the molecule is CC(C)(C)OCCOCCOCCOc1cc(CO)cc(OCCOCCOCCOC(C)(C)C)c1OCCOCCOCCOC(C)(C)C.COC(=O)c1cc(OCCOCCOCCOC(C)(C)C)c(OCCOCCOCCOC(C)(C)C)c(OCCOCCOCCOC(C)(C)C)c1. The molecule has 0 aliphatic carbocycles. The zero-order valence-electron chi connectivity index (χ0n) is 66.0. The summed E-state index contributed by atoms with van der Waals surface area (Å²) in [6.45, 7) is 50.2. The van der Waals surface area contributed by atoms with Crippen molar-refractivity contribution in [2.24, 2.45) is 0 Å². The molecule has 27 nitrogen and oxygen atoms in total. The molecule has 0 saturated heterocycles. The number of hydrogen-bond donors (Lipinski definition) is 1. The number of ether oxygens (including phenoxy) is 25. The van der Waals surface area contributed by atoms with Gasteiger partial charge in [0.05, 0.1) is 251 Å². The van der Waals surface area contributed by atoms with Crippen LogP contribution in [0, 0.1) is 0 Å². The van der Waals surface area contributed by atoms with E-state index in [-0.39, 0.29) is 105 Å². The molecule has 0 aliphatic rings. The molecular weight excluding hydrogens is 1330 g/mol. The lowest BCUT2D eigenvalue weighted by atomic mass is 10.2. The van der Waals surface area contributed by atoms with E-state index in [4.69, 9.17) is 118 Å². The molecule has 598 valence electrons. The molecule has 0 spiro atoms. The van der Waals surface area contributed by atoms with Gasteiger partial charge in [0.15, 0.2) is 23.0 Å². The van der Waals surface area contributed by atoms with E-state index in [9.17, 15) is 9.90 Å². The number of benzene rings is 2. The number of esters is 1. The van der Waals surface area contributed by atoms with Crippen LogP contribution in [0.15, 0.2) is 24.3 Å². The van der Waals surface area contributed by atoms with Gasteiger partial charge in [0.1, 0.15) is 39.6 Å². The maximum atomic E-state index is 12.6. The van der Waals surface area contributed by atoms with Crippen molar-refractivity contribution < 1.29 is 128 Å². The number of methoxy groups -OCH3 is 1. The predicted molar refractivity (Wildman–Crippen MR) is 387 cm³/mol. The second-order valence-electron chi connectivity index (χ2n) is 28.6. The quantitative estimate of drug-likeness (QED) is 0.0476. The minimum absolute atomic E-state index is 0.185. The molecule has 0 unspecified atom stereocenters. The summed E-state index contributed by atoms with van der Waals surface area (Å²) in [5.74, 6) is 1.63. The van der Waals surface area contributed by atoms with Gasteiger partial charge < -0.3 is 124 Å². The number of carbonyl (C=O) groups excluding carboxylic acids is 1. The van der Waals surface area contributed by atoms with E-state index in [1.807, 2.05) is 125 Å². The molecule has 0 aromatic heterocycles. The second kappa shape index (κ2) is 57.2. The fourth-order valence-electron chi connectivity index (χ4n) is 7.87. The lowest BCUT2D eigenvalue weighted by molar-refractivity contribution is -0.0439. The molecule has 0 radical (unpaired) electrons. The lowest BCUT2D eigenvalue weighted by Crippen LogP contribution is -2.22. The minimum atomic E-state index is -0.551. The first kappa shape index (κ1) is 96.0. The lowest BCUT2D eigenvalue weighted by Gasteiger charge is -2.19. The van der Waals surface area contributed by atoms with Crippen LogP contribution < -0.4 is 28.4 Å². The molecule has 0 aliphatic heterocycles. The Hall–Kier alpha value is -4.05. The van der Waals surface area contributed by atoms with Crippen molar-refractivity contribution in [2.75, 3.05) is 245 Å². The summed E-state index contributed by atoms with van der Waals surface area (Å²) in [7, 11) is 1.31. The van der Waals surface area contributed by atoms with Gasteiger partial charge in [-0.25, -0.2) is 4.79 Å². The Kier molecular flexibility index (Phi) is 53.8. The van der Waals surface area contributed by atoms with Crippen LogP contribution >= 0.6 is 0 Å². The van der Waals surface area contributed by atoms with E-state index in [0.717, 1.165) is 0 Å². The zero-order chi connectivity index (χ0) is 75.9. The fourth-order valence-corrected chi connectivity index (χ4v) is 7.87. The highest BCUT2D eigenvalue weighted by molar-refractivity contribution is 5.91. The Morgan fingerprint density at radius 3 is 0.598 bits per heavy atom. The minimum Gasteiger partial charge on any atom is -0.487 e. The van der Waals surface area contributed by atoms with Gasteiger partial charge in [-0.3, -0.25) is 0 Å². The van der Waals surface area contributed by atoms with E-state index in [1.165, 1.54) is 7.11 Å². The number of aliphatic hydroxyl groups is 1. The molecule has 2 aromatic carbocycles. The largest absolute Gasteiger partial charge is 0.487 e. The molecule has 0 fully saturated rings. The van der Waals surface area contributed by atoms with Crippen LogP contribution in [0.4, 0.5) is 0 Å². The summed E-state index contributed by atoms with van der Waals surface area (Å²) < 4.78 is 143. The maximum Gasteiger partial charge on any atom is 0.338 e.